The summed E-state index contributed by atoms with van der Waals surface area (Å²) in [6.45, 7) is 2.49. The molecule has 3 amide bonds. The Morgan fingerprint density at radius 3 is 2.62 bits per heavy atom. The molecule has 0 radical (unpaired) electrons. The maximum Gasteiger partial charge on any atom is 0.259 e. The number of hydrogen-bond acceptors (Lipinski definition) is 7. The lowest BCUT2D eigenvalue weighted by Crippen LogP contribution is -2.42. The molecule has 37 heavy (non-hydrogen) atoms. The summed E-state index contributed by atoms with van der Waals surface area (Å²) in [6, 6.07) is 18.1. The maximum atomic E-state index is 13.4. The fourth-order valence-electron chi connectivity index (χ4n) is 4.03. The van der Waals surface area contributed by atoms with Gasteiger partial charge < -0.3 is 10.6 Å². The summed E-state index contributed by atoms with van der Waals surface area (Å²) in [7, 11) is 0. The van der Waals surface area contributed by atoms with Gasteiger partial charge in [-0.15, -0.1) is 11.3 Å². The molecule has 2 N–H and O–H groups in total. The van der Waals surface area contributed by atoms with Gasteiger partial charge >= 0.3 is 0 Å². The molecule has 0 spiro atoms. The molecule has 0 saturated carbocycles. The minimum Gasteiger partial charge on any atom is -0.351 e. The normalized spacial score (nSPS) is 16.0. The highest BCUT2D eigenvalue weighted by Crippen LogP contribution is 2.34. The fraction of sp³-hybridized carbons (Fsp3) is 0.222. The first-order valence-electron chi connectivity index (χ1n) is 11.9. The van der Waals surface area contributed by atoms with Crippen LogP contribution < -0.4 is 10.6 Å². The molecule has 0 saturated heterocycles. The molecule has 188 valence electrons. The average Bonchev–Trinajstić information content (AvgIpc) is 3.55. The Hall–Kier alpha value is -3.76. The molecule has 3 heterocycles. The molecule has 0 aliphatic carbocycles. The van der Waals surface area contributed by atoms with Gasteiger partial charge in [0.1, 0.15) is 11.9 Å². The number of thioether (sulfide) groups is 1. The van der Waals surface area contributed by atoms with Gasteiger partial charge in [0, 0.05) is 16.1 Å². The van der Waals surface area contributed by atoms with Crippen LogP contribution in [0.5, 0.6) is 0 Å². The lowest BCUT2D eigenvalue weighted by atomic mass is 10.1. The molecule has 0 bridgehead atoms. The minimum absolute atomic E-state index is 0.0570. The molecule has 10 heteroatoms. The summed E-state index contributed by atoms with van der Waals surface area (Å²) in [5.41, 5.74) is 3.30. The van der Waals surface area contributed by atoms with E-state index in [1.807, 2.05) is 66.0 Å². The largest absolute Gasteiger partial charge is 0.351 e. The number of aryl methyl sites for hydroxylation is 1. The van der Waals surface area contributed by atoms with Crippen LogP contribution in [0.4, 0.5) is 11.4 Å². The van der Waals surface area contributed by atoms with E-state index in [4.69, 9.17) is 0 Å². The molecule has 1 atom stereocenters. The van der Waals surface area contributed by atoms with Crippen molar-refractivity contribution in [2.75, 3.05) is 11.1 Å². The van der Waals surface area contributed by atoms with E-state index in [-0.39, 0.29) is 29.9 Å². The van der Waals surface area contributed by atoms with Gasteiger partial charge in [-0.1, -0.05) is 49.0 Å². The van der Waals surface area contributed by atoms with E-state index in [1.165, 1.54) is 22.2 Å². The molecule has 1 aromatic heterocycles. The number of rotatable bonds is 8. The third-order valence-corrected chi connectivity index (χ3v) is 7.76. The number of para-hydroxylation sites is 1. The number of carbonyl (C=O) groups excluding carboxylic acids is 3. The van der Waals surface area contributed by atoms with Crippen LogP contribution in [0.1, 0.15) is 29.3 Å². The second-order valence-electron chi connectivity index (χ2n) is 8.50. The molecule has 3 aromatic rings. The van der Waals surface area contributed by atoms with Gasteiger partial charge in [-0.3, -0.25) is 19.4 Å². The quantitative estimate of drug-likeness (QED) is 0.451. The van der Waals surface area contributed by atoms with Gasteiger partial charge in [-0.25, -0.2) is 9.89 Å². The lowest BCUT2D eigenvalue weighted by molar-refractivity contribution is -0.128. The number of aliphatic imine (C=N–C) groups is 2. The number of anilines is 1. The van der Waals surface area contributed by atoms with Crippen molar-refractivity contribution < 1.29 is 14.4 Å². The molecule has 2 aliphatic heterocycles. The zero-order valence-corrected chi connectivity index (χ0v) is 21.8. The summed E-state index contributed by atoms with van der Waals surface area (Å²) in [5, 5.41) is 8.06. The van der Waals surface area contributed by atoms with Crippen molar-refractivity contribution in [3.8, 4) is 0 Å². The number of carbonyl (C=O) groups is 3. The Balaban J connectivity index is 1.27. The minimum atomic E-state index is -0.846. The van der Waals surface area contributed by atoms with Crippen LogP contribution in [0.3, 0.4) is 0 Å². The number of hydrogen-bond donors (Lipinski definition) is 2. The Morgan fingerprint density at radius 1 is 1.05 bits per heavy atom. The van der Waals surface area contributed by atoms with Gasteiger partial charge in [-0.05, 0) is 47.7 Å². The van der Waals surface area contributed by atoms with Gasteiger partial charge in [0.15, 0.2) is 5.17 Å². The topological polar surface area (TPSA) is 103 Å². The summed E-state index contributed by atoms with van der Waals surface area (Å²) in [5.74, 6) is -0.240. The van der Waals surface area contributed by atoms with E-state index >= 15 is 0 Å². The zero-order valence-electron chi connectivity index (χ0n) is 20.1. The van der Waals surface area contributed by atoms with E-state index in [0.29, 0.717) is 28.9 Å². The zero-order chi connectivity index (χ0) is 25.8. The van der Waals surface area contributed by atoms with Crippen molar-refractivity contribution in [2.45, 2.75) is 32.4 Å². The Morgan fingerprint density at radius 2 is 1.86 bits per heavy atom. The second kappa shape index (κ2) is 11.1. The van der Waals surface area contributed by atoms with E-state index < -0.39 is 6.04 Å². The summed E-state index contributed by atoms with van der Waals surface area (Å²) in [6.07, 6.45) is 0.870. The molecule has 2 aromatic carbocycles. The number of nitrogens with zero attached hydrogens (tertiary/aromatic N) is 3. The standard InChI is InChI=1S/C27H25N5O3S2/c1-2-17-9-11-18(12-10-17)29-24(34)16-37-27-31-21-8-4-3-7-20(21)25-30-22(26(35)32(25)27)14-23(33)28-15-19-6-5-13-36-19/h3-13,22H,2,14-16H2,1H3,(H,28,33)(H,29,34)/t22-/m1/s1. The average molecular weight is 532 g/mol. The van der Waals surface area contributed by atoms with E-state index in [0.717, 1.165) is 16.9 Å². The molecular weight excluding hydrogens is 506 g/mol. The van der Waals surface area contributed by atoms with Crippen LogP contribution in [-0.4, -0.2) is 45.4 Å². The third-order valence-electron chi connectivity index (χ3n) is 5.94. The van der Waals surface area contributed by atoms with Crippen molar-refractivity contribution >= 4 is 63.2 Å². The van der Waals surface area contributed by atoms with Crippen molar-refractivity contribution in [3.05, 3.63) is 82.0 Å². The van der Waals surface area contributed by atoms with Crippen LogP contribution in [-0.2, 0) is 27.3 Å². The lowest BCUT2D eigenvalue weighted by Gasteiger charge is -2.25. The highest BCUT2D eigenvalue weighted by molar-refractivity contribution is 8.14. The van der Waals surface area contributed by atoms with E-state index in [1.54, 1.807) is 11.3 Å². The maximum absolute atomic E-state index is 13.4. The number of amidine groups is 2. The van der Waals surface area contributed by atoms with Crippen LogP contribution in [0.2, 0.25) is 0 Å². The highest BCUT2D eigenvalue weighted by atomic mass is 32.2. The molecule has 0 fully saturated rings. The smallest absolute Gasteiger partial charge is 0.259 e. The molecular formula is C27H25N5O3S2. The predicted molar refractivity (Wildman–Crippen MR) is 148 cm³/mol. The summed E-state index contributed by atoms with van der Waals surface area (Å²) < 4.78 is 0. The Kier molecular flexibility index (Phi) is 7.47. The van der Waals surface area contributed by atoms with E-state index in [9.17, 15) is 14.4 Å². The fourth-order valence-corrected chi connectivity index (χ4v) is 5.47. The van der Waals surface area contributed by atoms with Crippen LogP contribution in [0, 0.1) is 0 Å². The Bertz CT molecular complexity index is 1380. The molecule has 2 aliphatic rings. The first-order chi connectivity index (χ1) is 18.0. The number of fused-ring (bicyclic) bond motifs is 3. The van der Waals surface area contributed by atoms with Crippen LogP contribution >= 0.6 is 23.1 Å². The SMILES string of the molecule is CCc1ccc(NC(=O)CSC2=Nc3ccccc3C3=N[C@H](CC(=O)NCc4cccs4)C(=O)N23)cc1. The van der Waals surface area contributed by atoms with Crippen LogP contribution in [0.15, 0.2) is 76.0 Å². The van der Waals surface area contributed by atoms with Crippen molar-refractivity contribution in [2.24, 2.45) is 9.98 Å². The van der Waals surface area contributed by atoms with Gasteiger partial charge in [0.25, 0.3) is 5.91 Å². The summed E-state index contributed by atoms with van der Waals surface area (Å²) >= 11 is 2.73. The number of nitrogens with one attached hydrogen (secondary N) is 2. The van der Waals surface area contributed by atoms with Gasteiger partial charge in [0.05, 0.1) is 24.4 Å². The molecule has 8 nitrogen and oxygen atoms in total. The Labute approximate surface area is 222 Å². The second-order valence-corrected chi connectivity index (χ2v) is 10.5. The van der Waals surface area contributed by atoms with Gasteiger partial charge in [0.2, 0.25) is 11.8 Å². The summed E-state index contributed by atoms with van der Waals surface area (Å²) in [4.78, 5) is 50.3. The predicted octanol–water partition coefficient (Wildman–Crippen LogP) is 4.35. The highest BCUT2D eigenvalue weighted by Gasteiger charge is 2.42. The first-order valence-corrected chi connectivity index (χ1v) is 13.8. The van der Waals surface area contributed by atoms with Crippen LogP contribution in [0.25, 0.3) is 0 Å². The first kappa shape index (κ1) is 24.9. The number of thiophene rings is 1. The third kappa shape index (κ3) is 5.65. The van der Waals surface area contributed by atoms with Crippen molar-refractivity contribution in [1.82, 2.24) is 10.2 Å². The number of amides is 3. The molecule has 5 rings (SSSR count). The van der Waals surface area contributed by atoms with Crippen molar-refractivity contribution in [3.63, 3.8) is 0 Å². The van der Waals surface area contributed by atoms with Crippen molar-refractivity contribution in [1.29, 1.82) is 0 Å². The monoisotopic (exact) mass is 531 g/mol. The van der Waals surface area contributed by atoms with Gasteiger partial charge in [-0.2, -0.15) is 0 Å². The molecule has 0 unspecified atom stereocenters. The van der Waals surface area contributed by atoms with E-state index in [2.05, 4.69) is 27.5 Å². The number of benzene rings is 2.